The van der Waals surface area contributed by atoms with Crippen LogP contribution in [0.5, 0.6) is 0 Å². The van der Waals surface area contributed by atoms with Gasteiger partial charge in [0.1, 0.15) is 0 Å². The summed E-state index contributed by atoms with van der Waals surface area (Å²) in [7, 11) is -3.29. The molecule has 28 heavy (non-hydrogen) atoms. The second-order valence-corrected chi connectivity index (χ2v) is 10.3. The van der Waals surface area contributed by atoms with Crippen LogP contribution in [0.4, 0.5) is 5.69 Å². The molecule has 1 aromatic carbocycles. The van der Waals surface area contributed by atoms with Crippen LogP contribution in [0.3, 0.4) is 0 Å². The summed E-state index contributed by atoms with van der Waals surface area (Å²) in [6.45, 7) is 2.32. The molecule has 1 unspecified atom stereocenters. The predicted molar refractivity (Wildman–Crippen MR) is 110 cm³/mol. The molecule has 1 saturated heterocycles. The van der Waals surface area contributed by atoms with Crippen molar-refractivity contribution < 1.29 is 17.9 Å². The van der Waals surface area contributed by atoms with Gasteiger partial charge in [-0.2, -0.15) is 0 Å². The van der Waals surface area contributed by atoms with Crippen LogP contribution in [0.15, 0.2) is 35.7 Å². The predicted octanol–water partition coefficient (Wildman–Crippen LogP) is 2.89. The summed E-state index contributed by atoms with van der Waals surface area (Å²) in [6, 6.07) is 9.37. The van der Waals surface area contributed by atoms with Crippen molar-refractivity contribution >= 4 is 33.0 Å². The molecule has 0 N–H and O–H groups in total. The lowest BCUT2D eigenvalue weighted by Crippen LogP contribution is -2.36. The Morgan fingerprint density at radius 3 is 2.89 bits per heavy atom. The lowest BCUT2D eigenvalue weighted by atomic mass is 10.1. The summed E-state index contributed by atoms with van der Waals surface area (Å²) in [6.07, 6.45) is 3.93. The van der Waals surface area contributed by atoms with Crippen LogP contribution in [0, 0.1) is 0 Å². The van der Waals surface area contributed by atoms with E-state index in [1.807, 2.05) is 28.5 Å². The fourth-order valence-electron chi connectivity index (χ4n) is 3.88. The van der Waals surface area contributed by atoms with Gasteiger partial charge in [-0.15, -0.1) is 11.3 Å². The van der Waals surface area contributed by atoms with Crippen molar-refractivity contribution in [2.45, 2.75) is 31.9 Å². The maximum absolute atomic E-state index is 13.3. The van der Waals surface area contributed by atoms with Gasteiger partial charge >= 0.3 is 0 Å². The maximum Gasteiger partial charge on any atom is 0.254 e. The number of sulfonamides is 1. The summed E-state index contributed by atoms with van der Waals surface area (Å²) in [5.41, 5.74) is 2.19. The second kappa shape index (κ2) is 7.85. The average molecular weight is 421 g/mol. The van der Waals surface area contributed by atoms with Gasteiger partial charge in [-0.05, 0) is 54.5 Å². The van der Waals surface area contributed by atoms with Gasteiger partial charge in [-0.3, -0.25) is 9.10 Å². The zero-order valence-corrected chi connectivity index (χ0v) is 17.5. The molecule has 1 aromatic heterocycles. The number of carbonyl (C=O) groups excluding carboxylic acids is 1. The largest absolute Gasteiger partial charge is 0.376 e. The van der Waals surface area contributed by atoms with Gasteiger partial charge in [-0.25, -0.2) is 8.42 Å². The third-order valence-electron chi connectivity index (χ3n) is 5.24. The van der Waals surface area contributed by atoms with Gasteiger partial charge < -0.3 is 9.64 Å². The van der Waals surface area contributed by atoms with Gasteiger partial charge in [0.2, 0.25) is 10.0 Å². The Labute approximate surface area is 169 Å². The number of hydrogen-bond donors (Lipinski definition) is 0. The molecular weight excluding hydrogens is 396 g/mol. The van der Waals surface area contributed by atoms with Crippen LogP contribution in [-0.2, 0) is 27.7 Å². The fraction of sp³-hybridized carbons (Fsp3) is 0.450. The van der Waals surface area contributed by atoms with E-state index in [-0.39, 0.29) is 12.0 Å². The van der Waals surface area contributed by atoms with Crippen LogP contribution in [0.2, 0.25) is 0 Å². The Kier molecular flexibility index (Phi) is 5.44. The van der Waals surface area contributed by atoms with Crippen LogP contribution >= 0.6 is 11.3 Å². The Morgan fingerprint density at radius 1 is 1.36 bits per heavy atom. The van der Waals surface area contributed by atoms with Crippen molar-refractivity contribution in [2.75, 3.05) is 30.3 Å². The molecule has 0 spiro atoms. The summed E-state index contributed by atoms with van der Waals surface area (Å²) >= 11 is 1.64. The molecule has 2 aliphatic heterocycles. The number of hydrogen-bond acceptors (Lipinski definition) is 5. The molecule has 4 rings (SSSR count). The molecule has 6 nitrogen and oxygen atoms in total. The number of nitrogens with zero attached hydrogens (tertiary/aromatic N) is 2. The highest BCUT2D eigenvalue weighted by atomic mass is 32.2. The van der Waals surface area contributed by atoms with Crippen LogP contribution in [-0.4, -0.2) is 51.3 Å². The standard InChI is InChI=1S/C20H24N2O4S2/c1-28(24,25)22-9-8-15-12-16(6-7-19(15)22)20(23)21(13-17-4-2-10-26-17)14-18-5-3-11-27-18/h3,5-7,11-12,17H,2,4,8-10,13-14H2,1H3. The number of ether oxygens (including phenoxy) is 1. The van der Waals surface area contributed by atoms with Crippen molar-refractivity contribution in [1.29, 1.82) is 0 Å². The molecule has 8 heteroatoms. The minimum atomic E-state index is -3.29. The topological polar surface area (TPSA) is 66.9 Å². The van der Waals surface area contributed by atoms with Crippen LogP contribution in [0.1, 0.15) is 33.6 Å². The summed E-state index contributed by atoms with van der Waals surface area (Å²) in [5, 5.41) is 2.01. The smallest absolute Gasteiger partial charge is 0.254 e. The van der Waals surface area contributed by atoms with Gasteiger partial charge in [0.15, 0.2) is 0 Å². The monoisotopic (exact) mass is 420 g/mol. The molecule has 0 aliphatic carbocycles. The Balaban J connectivity index is 1.57. The van der Waals surface area contributed by atoms with E-state index in [4.69, 9.17) is 4.74 Å². The van der Waals surface area contributed by atoms with Gasteiger partial charge in [0.25, 0.3) is 5.91 Å². The third-order valence-corrected chi connectivity index (χ3v) is 7.28. The van der Waals surface area contributed by atoms with Crippen molar-refractivity contribution in [1.82, 2.24) is 4.90 Å². The minimum Gasteiger partial charge on any atom is -0.376 e. The number of benzene rings is 1. The molecule has 1 fully saturated rings. The van der Waals surface area contributed by atoms with E-state index >= 15 is 0 Å². The second-order valence-electron chi connectivity index (χ2n) is 7.33. The van der Waals surface area contributed by atoms with E-state index in [2.05, 4.69) is 0 Å². The van der Waals surface area contributed by atoms with E-state index in [0.717, 1.165) is 29.9 Å². The number of amides is 1. The van der Waals surface area contributed by atoms with Crippen molar-refractivity contribution in [3.05, 3.63) is 51.7 Å². The highest BCUT2D eigenvalue weighted by Gasteiger charge is 2.28. The van der Waals surface area contributed by atoms with Gasteiger partial charge in [0, 0.05) is 30.1 Å². The number of anilines is 1. The van der Waals surface area contributed by atoms with E-state index in [9.17, 15) is 13.2 Å². The summed E-state index contributed by atoms with van der Waals surface area (Å²) in [5.74, 6) is -0.0375. The first-order valence-electron chi connectivity index (χ1n) is 9.46. The third kappa shape index (κ3) is 4.09. The zero-order chi connectivity index (χ0) is 19.7. The molecule has 150 valence electrons. The Bertz CT molecular complexity index is 951. The molecule has 1 amide bonds. The van der Waals surface area contributed by atoms with Gasteiger partial charge in [0.05, 0.1) is 24.6 Å². The van der Waals surface area contributed by atoms with Crippen molar-refractivity contribution in [2.24, 2.45) is 0 Å². The van der Waals surface area contributed by atoms with E-state index in [0.29, 0.717) is 37.3 Å². The summed E-state index contributed by atoms with van der Waals surface area (Å²) in [4.78, 5) is 16.3. The summed E-state index contributed by atoms with van der Waals surface area (Å²) < 4.78 is 31.0. The Hall–Kier alpha value is -1.90. The zero-order valence-electron chi connectivity index (χ0n) is 15.8. The van der Waals surface area contributed by atoms with Crippen molar-refractivity contribution in [3.8, 4) is 0 Å². The molecule has 2 aliphatic rings. The number of fused-ring (bicyclic) bond motifs is 1. The highest BCUT2D eigenvalue weighted by molar-refractivity contribution is 7.92. The number of carbonyl (C=O) groups is 1. The van der Waals surface area contributed by atoms with E-state index in [1.54, 1.807) is 23.5 Å². The molecule has 1 atom stereocenters. The molecule has 3 heterocycles. The molecule has 0 bridgehead atoms. The van der Waals surface area contributed by atoms with Crippen LogP contribution < -0.4 is 4.31 Å². The quantitative estimate of drug-likeness (QED) is 0.721. The first-order chi connectivity index (χ1) is 13.4. The lowest BCUT2D eigenvalue weighted by molar-refractivity contribution is 0.0509. The highest BCUT2D eigenvalue weighted by Crippen LogP contribution is 2.31. The van der Waals surface area contributed by atoms with Gasteiger partial charge in [-0.1, -0.05) is 6.07 Å². The van der Waals surface area contributed by atoms with E-state index < -0.39 is 10.0 Å². The first-order valence-corrected chi connectivity index (χ1v) is 12.2. The normalized spacial score (nSPS) is 19.0. The SMILES string of the molecule is CS(=O)(=O)N1CCc2cc(C(=O)N(Cc3cccs3)CC3CCCO3)ccc21. The molecule has 0 radical (unpaired) electrons. The molecule has 0 saturated carbocycles. The molecular formula is C20H24N2O4S2. The maximum atomic E-state index is 13.3. The number of thiophene rings is 1. The fourth-order valence-corrected chi connectivity index (χ4v) is 5.55. The van der Waals surface area contributed by atoms with Crippen molar-refractivity contribution in [3.63, 3.8) is 0 Å². The Morgan fingerprint density at radius 2 is 2.21 bits per heavy atom. The van der Waals surface area contributed by atoms with E-state index in [1.165, 1.54) is 10.6 Å². The number of rotatable bonds is 6. The van der Waals surface area contributed by atoms with Crippen LogP contribution in [0.25, 0.3) is 0 Å². The minimum absolute atomic E-state index is 0.0375. The molecule has 2 aromatic rings. The first kappa shape index (κ1) is 19.4. The lowest BCUT2D eigenvalue weighted by Gasteiger charge is -2.25. The average Bonchev–Trinajstić information content (AvgIpc) is 3.40.